The predicted molar refractivity (Wildman–Crippen MR) is 98.2 cm³/mol. The summed E-state index contributed by atoms with van der Waals surface area (Å²) in [6, 6.07) is 12.0. The Bertz CT molecular complexity index is 1010. The van der Waals surface area contributed by atoms with Crippen LogP contribution >= 0.6 is 0 Å². The van der Waals surface area contributed by atoms with E-state index in [1.165, 1.54) is 6.07 Å². The lowest BCUT2D eigenvalue weighted by molar-refractivity contribution is 0.431. The molecule has 0 saturated heterocycles. The van der Waals surface area contributed by atoms with Gasteiger partial charge >= 0.3 is 0 Å². The van der Waals surface area contributed by atoms with E-state index in [0.29, 0.717) is 11.1 Å². The Balaban J connectivity index is 1.46. The number of nitrogens with zero attached hydrogens (tertiary/aromatic N) is 5. The Kier molecular flexibility index (Phi) is 4.61. The minimum Gasteiger partial charge on any atom is -0.366 e. The lowest BCUT2D eigenvalue weighted by atomic mass is 10.2. The van der Waals surface area contributed by atoms with E-state index in [1.807, 2.05) is 29.1 Å². The van der Waals surface area contributed by atoms with E-state index in [4.69, 9.17) is 4.52 Å². The third-order valence-electron chi connectivity index (χ3n) is 3.97. The summed E-state index contributed by atoms with van der Waals surface area (Å²) in [5.41, 5.74) is 0.960. The molecule has 0 radical (unpaired) electrons. The zero-order chi connectivity index (χ0) is 18.6. The van der Waals surface area contributed by atoms with Crippen molar-refractivity contribution in [2.45, 2.75) is 19.5 Å². The average molecular weight is 364 g/mol. The van der Waals surface area contributed by atoms with Crippen molar-refractivity contribution in [2.75, 3.05) is 5.32 Å². The Morgan fingerprint density at radius 3 is 2.81 bits per heavy atom. The number of hydrogen-bond donors (Lipinski definition) is 1. The molecule has 8 heteroatoms. The van der Waals surface area contributed by atoms with Gasteiger partial charge < -0.3 is 9.84 Å². The van der Waals surface area contributed by atoms with Gasteiger partial charge in [0.1, 0.15) is 11.6 Å². The Morgan fingerprint density at radius 1 is 1.19 bits per heavy atom. The number of hydrogen-bond acceptors (Lipinski definition) is 6. The van der Waals surface area contributed by atoms with E-state index >= 15 is 0 Å². The molecule has 0 saturated carbocycles. The van der Waals surface area contributed by atoms with Gasteiger partial charge in [-0.3, -0.25) is 4.68 Å². The molecule has 4 aromatic rings. The van der Waals surface area contributed by atoms with Gasteiger partial charge in [-0.1, -0.05) is 17.3 Å². The topological polar surface area (TPSA) is 81.7 Å². The van der Waals surface area contributed by atoms with E-state index in [-0.39, 0.29) is 17.8 Å². The number of benzene rings is 1. The maximum atomic E-state index is 13.8. The van der Waals surface area contributed by atoms with Crippen LogP contribution in [0.15, 0.2) is 65.6 Å². The first-order chi connectivity index (χ1) is 13.2. The standard InChI is InChI=1S/C19H17FN6O/c1-13(12-26-10-4-9-22-26)23-17-8-7-14(11-21-17)19-24-18(25-27-19)15-5-2-3-6-16(15)20/h2-11,13H,12H2,1H3,(H,21,23). The second-order valence-electron chi connectivity index (χ2n) is 6.11. The first-order valence-electron chi connectivity index (χ1n) is 8.48. The average Bonchev–Trinajstić information content (AvgIpc) is 3.35. The molecule has 4 rings (SSSR count). The molecule has 0 aliphatic carbocycles. The highest BCUT2D eigenvalue weighted by Gasteiger charge is 2.14. The van der Waals surface area contributed by atoms with Crippen LogP contribution in [0.1, 0.15) is 6.92 Å². The molecule has 0 fully saturated rings. The van der Waals surface area contributed by atoms with E-state index in [1.54, 1.807) is 30.6 Å². The van der Waals surface area contributed by atoms with Gasteiger partial charge in [0, 0.05) is 24.6 Å². The molecule has 0 aliphatic heterocycles. The van der Waals surface area contributed by atoms with Crippen LogP contribution in [0.2, 0.25) is 0 Å². The summed E-state index contributed by atoms with van der Waals surface area (Å²) in [5, 5.41) is 11.4. The fourth-order valence-corrected chi connectivity index (χ4v) is 2.69. The molecular formula is C19H17FN6O. The van der Waals surface area contributed by atoms with Crippen LogP contribution in [-0.2, 0) is 6.54 Å². The number of pyridine rings is 1. The van der Waals surface area contributed by atoms with E-state index in [2.05, 4.69) is 32.5 Å². The zero-order valence-electron chi connectivity index (χ0n) is 14.6. The summed E-state index contributed by atoms with van der Waals surface area (Å²) < 4.78 is 21.0. The lowest BCUT2D eigenvalue weighted by Crippen LogP contribution is -2.22. The van der Waals surface area contributed by atoms with Crippen molar-refractivity contribution < 1.29 is 8.91 Å². The van der Waals surface area contributed by atoms with Crippen LogP contribution in [0, 0.1) is 5.82 Å². The Hall–Kier alpha value is -3.55. The number of aromatic nitrogens is 5. The van der Waals surface area contributed by atoms with Gasteiger partial charge in [-0.2, -0.15) is 10.1 Å². The lowest BCUT2D eigenvalue weighted by Gasteiger charge is -2.14. The maximum absolute atomic E-state index is 13.8. The highest BCUT2D eigenvalue weighted by Crippen LogP contribution is 2.24. The maximum Gasteiger partial charge on any atom is 0.259 e. The van der Waals surface area contributed by atoms with Crippen molar-refractivity contribution >= 4 is 5.82 Å². The second kappa shape index (κ2) is 7.36. The Labute approximate surface area is 154 Å². The van der Waals surface area contributed by atoms with Crippen LogP contribution in [0.3, 0.4) is 0 Å². The minimum atomic E-state index is -0.395. The zero-order valence-corrected chi connectivity index (χ0v) is 14.6. The monoisotopic (exact) mass is 364 g/mol. The summed E-state index contributed by atoms with van der Waals surface area (Å²) in [7, 11) is 0. The summed E-state index contributed by atoms with van der Waals surface area (Å²) in [4.78, 5) is 8.64. The molecule has 0 amide bonds. The van der Waals surface area contributed by atoms with Crippen molar-refractivity contribution in [3.05, 3.63) is 66.9 Å². The number of anilines is 1. The molecule has 0 spiro atoms. The third kappa shape index (κ3) is 3.84. The number of rotatable bonds is 6. The Morgan fingerprint density at radius 2 is 2.07 bits per heavy atom. The molecule has 1 aromatic carbocycles. The second-order valence-corrected chi connectivity index (χ2v) is 6.11. The molecule has 3 aromatic heterocycles. The molecule has 136 valence electrons. The van der Waals surface area contributed by atoms with Gasteiger partial charge in [0.25, 0.3) is 5.89 Å². The number of halogens is 1. The van der Waals surface area contributed by atoms with Crippen molar-refractivity contribution in [3.8, 4) is 22.8 Å². The smallest absolute Gasteiger partial charge is 0.259 e. The van der Waals surface area contributed by atoms with E-state index in [0.717, 1.165) is 12.4 Å². The molecule has 3 heterocycles. The summed E-state index contributed by atoms with van der Waals surface area (Å²) >= 11 is 0. The normalized spacial score (nSPS) is 12.1. The fourth-order valence-electron chi connectivity index (χ4n) is 2.69. The molecular weight excluding hydrogens is 347 g/mol. The summed E-state index contributed by atoms with van der Waals surface area (Å²) in [6.45, 7) is 2.78. The molecule has 7 nitrogen and oxygen atoms in total. The first kappa shape index (κ1) is 16.9. The highest BCUT2D eigenvalue weighted by molar-refractivity contribution is 5.60. The van der Waals surface area contributed by atoms with Gasteiger partial charge in [-0.05, 0) is 37.3 Å². The van der Waals surface area contributed by atoms with Crippen LogP contribution in [0.4, 0.5) is 10.2 Å². The van der Waals surface area contributed by atoms with Gasteiger partial charge in [-0.15, -0.1) is 0 Å². The van der Waals surface area contributed by atoms with E-state index in [9.17, 15) is 4.39 Å². The first-order valence-corrected chi connectivity index (χ1v) is 8.48. The molecule has 1 unspecified atom stereocenters. The van der Waals surface area contributed by atoms with Crippen molar-refractivity contribution in [3.63, 3.8) is 0 Å². The van der Waals surface area contributed by atoms with E-state index < -0.39 is 5.82 Å². The van der Waals surface area contributed by atoms with Gasteiger partial charge in [-0.25, -0.2) is 9.37 Å². The van der Waals surface area contributed by atoms with Crippen molar-refractivity contribution in [1.29, 1.82) is 0 Å². The van der Waals surface area contributed by atoms with Crippen LogP contribution in [0.5, 0.6) is 0 Å². The van der Waals surface area contributed by atoms with Gasteiger partial charge in [0.15, 0.2) is 0 Å². The highest BCUT2D eigenvalue weighted by atomic mass is 19.1. The van der Waals surface area contributed by atoms with Gasteiger partial charge in [0.05, 0.1) is 17.7 Å². The molecule has 1 N–H and O–H groups in total. The minimum absolute atomic E-state index is 0.152. The molecule has 1 atom stereocenters. The van der Waals surface area contributed by atoms with Crippen LogP contribution in [-0.4, -0.2) is 30.9 Å². The molecule has 0 bridgehead atoms. The number of nitrogens with one attached hydrogen (secondary N) is 1. The summed E-state index contributed by atoms with van der Waals surface area (Å²) in [6.07, 6.45) is 5.30. The quantitative estimate of drug-likeness (QED) is 0.563. The fraction of sp³-hybridized carbons (Fsp3) is 0.158. The largest absolute Gasteiger partial charge is 0.366 e. The van der Waals surface area contributed by atoms with Crippen molar-refractivity contribution in [1.82, 2.24) is 24.9 Å². The van der Waals surface area contributed by atoms with Crippen LogP contribution < -0.4 is 5.32 Å². The SMILES string of the molecule is CC(Cn1cccn1)Nc1ccc(-c2nc(-c3ccccc3F)no2)cn1. The van der Waals surface area contributed by atoms with Crippen molar-refractivity contribution in [2.24, 2.45) is 0 Å². The molecule has 27 heavy (non-hydrogen) atoms. The van der Waals surface area contributed by atoms with Crippen LogP contribution in [0.25, 0.3) is 22.8 Å². The predicted octanol–water partition coefficient (Wildman–Crippen LogP) is 3.63. The summed E-state index contributed by atoms with van der Waals surface area (Å²) in [5.74, 6) is 0.830. The molecule has 0 aliphatic rings. The third-order valence-corrected chi connectivity index (χ3v) is 3.97. The van der Waals surface area contributed by atoms with Gasteiger partial charge in [0.2, 0.25) is 5.82 Å².